The Balaban J connectivity index is 1.46. The molecule has 0 atom stereocenters. The minimum atomic E-state index is 0.997. The van der Waals surface area contributed by atoms with E-state index in [4.69, 9.17) is 0 Å². The predicted molar refractivity (Wildman–Crippen MR) is 117 cm³/mol. The van der Waals surface area contributed by atoms with Crippen LogP contribution in [0.25, 0.3) is 0 Å². The number of rotatable bonds is 11. The molecule has 0 N–H and O–H groups in total. The van der Waals surface area contributed by atoms with E-state index in [9.17, 15) is 0 Å². The number of unbranched alkanes of at least 4 members (excludes halogenated alkanes) is 1. The summed E-state index contributed by atoms with van der Waals surface area (Å²) in [7, 11) is 0. The lowest BCUT2D eigenvalue weighted by molar-refractivity contribution is 0.243. The molecule has 0 bridgehead atoms. The third-order valence-corrected chi connectivity index (χ3v) is 7.15. The van der Waals surface area contributed by atoms with Crippen LogP contribution in [0.2, 0.25) is 0 Å². The van der Waals surface area contributed by atoms with Crippen molar-refractivity contribution >= 4 is 0 Å². The first kappa shape index (κ1) is 21.8. The molecular formula is C26H46. The molecule has 0 saturated heterocycles. The summed E-state index contributed by atoms with van der Waals surface area (Å²) in [6.45, 7) is 4.48. The SMILES string of the molecule is CC/C=C/CC1CCC(CCCC[C@H]2CC[C@H](C/C=C/CC)CC2)CC1. The first-order valence-corrected chi connectivity index (χ1v) is 12.1. The summed E-state index contributed by atoms with van der Waals surface area (Å²) in [5.41, 5.74) is 0. The van der Waals surface area contributed by atoms with Crippen LogP contribution in [0.4, 0.5) is 0 Å². The Bertz CT molecular complexity index is 337. The van der Waals surface area contributed by atoms with Crippen molar-refractivity contribution < 1.29 is 0 Å². The molecule has 0 spiro atoms. The maximum absolute atomic E-state index is 2.43. The van der Waals surface area contributed by atoms with Gasteiger partial charge in [-0.05, 0) is 75.0 Å². The average Bonchev–Trinajstić information content (AvgIpc) is 2.68. The van der Waals surface area contributed by atoms with Crippen LogP contribution >= 0.6 is 0 Å². The van der Waals surface area contributed by atoms with Crippen LogP contribution in [0.15, 0.2) is 24.3 Å². The van der Waals surface area contributed by atoms with Crippen LogP contribution in [0, 0.1) is 23.7 Å². The standard InChI is InChI=1S/C26H46/c1-3-5-7-11-23-15-19-25(20-16-23)13-9-10-14-26-21-17-24(18-22-26)12-8-6-4-2/h5-8,23-26H,3-4,9-22H2,1-2H3/b7-5+,8-6+/t23-,24?,25-,26?. The molecule has 2 fully saturated rings. The molecule has 0 heterocycles. The van der Waals surface area contributed by atoms with E-state index in [2.05, 4.69) is 38.2 Å². The zero-order valence-corrected chi connectivity index (χ0v) is 17.9. The fourth-order valence-electron chi connectivity index (χ4n) is 5.29. The summed E-state index contributed by atoms with van der Waals surface area (Å²) in [5.74, 6) is 4.11. The molecule has 0 unspecified atom stereocenters. The van der Waals surface area contributed by atoms with Crippen molar-refractivity contribution in [2.24, 2.45) is 23.7 Å². The first-order chi connectivity index (χ1) is 12.8. The Labute approximate surface area is 164 Å². The molecular weight excluding hydrogens is 312 g/mol. The van der Waals surface area contributed by atoms with Gasteiger partial charge in [0.05, 0.1) is 0 Å². The number of hydrogen-bond donors (Lipinski definition) is 0. The van der Waals surface area contributed by atoms with E-state index in [1.54, 1.807) is 0 Å². The number of hydrogen-bond acceptors (Lipinski definition) is 0. The van der Waals surface area contributed by atoms with Gasteiger partial charge in [0.25, 0.3) is 0 Å². The van der Waals surface area contributed by atoms with E-state index < -0.39 is 0 Å². The molecule has 2 saturated carbocycles. The maximum atomic E-state index is 2.43. The van der Waals surface area contributed by atoms with Crippen LogP contribution in [-0.2, 0) is 0 Å². The molecule has 0 amide bonds. The third-order valence-electron chi connectivity index (χ3n) is 7.15. The van der Waals surface area contributed by atoms with Crippen molar-refractivity contribution in [1.82, 2.24) is 0 Å². The van der Waals surface area contributed by atoms with Crippen LogP contribution < -0.4 is 0 Å². The van der Waals surface area contributed by atoms with Gasteiger partial charge in [-0.1, -0.05) is 89.5 Å². The van der Waals surface area contributed by atoms with Crippen LogP contribution in [0.5, 0.6) is 0 Å². The van der Waals surface area contributed by atoms with Crippen molar-refractivity contribution in [1.29, 1.82) is 0 Å². The Morgan fingerprint density at radius 2 is 0.846 bits per heavy atom. The fraction of sp³-hybridized carbons (Fsp3) is 0.846. The molecule has 0 aliphatic heterocycles. The van der Waals surface area contributed by atoms with Gasteiger partial charge in [0.1, 0.15) is 0 Å². The minimum Gasteiger partial charge on any atom is -0.0888 e. The zero-order chi connectivity index (χ0) is 18.5. The lowest BCUT2D eigenvalue weighted by atomic mass is 9.77. The highest BCUT2D eigenvalue weighted by molar-refractivity contribution is 4.86. The normalized spacial score (nSPS) is 30.4. The molecule has 2 rings (SSSR count). The van der Waals surface area contributed by atoms with E-state index >= 15 is 0 Å². The third kappa shape index (κ3) is 8.92. The predicted octanol–water partition coefficient (Wildman–Crippen LogP) is 8.87. The molecule has 0 heteroatoms. The largest absolute Gasteiger partial charge is 0.0888 e. The minimum absolute atomic E-state index is 0.997. The van der Waals surface area contributed by atoms with Gasteiger partial charge in [-0.2, -0.15) is 0 Å². The van der Waals surface area contributed by atoms with Gasteiger partial charge < -0.3 is 0 Å². The molecule has 150 valence electrons. The van der Waals surface area contributed by atoms with Gasteiger partial charge in [-0.3, -0.25) is 0 Å². The summed E-state index contributed by atoms with van der Waals surface area (Å²) in [5, 5.41) is 0. The molecule has 0 aromatic rings. The van der Waals surface area contributed by atoms with Crippen molar-refractivity contribution in [2.45, 2.75) is 117 Å². The molecule has 2 aliphatic rings. The van der Waals surface area contributed by atoms with Gasteiger partial charge in [-0.25, -0.2) is 0 Å². The molecule has 0 nitrogen and oxygen atoms in total. The zero-order valence-electron chi connectivity index (χ0n) is 17.9. The Morgan fingerprint density at radius 1 is 0.500 bits per heavy atom. The summed E-state index contributed by atoms with van der Waals surface area (Å²) in [4.78, 5) is 0. The van der Waals surface area contributed by atoms with Gasteiger partial charge in [0.2, 0.25) is 0 Å². The van der Waals surface area contributed by atoms with Crippen molar-refractivity contribution in [3.63, 3.8) is 0 Å². The van der Waals surface area contributed by atoms with Crippen LogP contribution in [0.1, 0.15) is 117 Å². The molecule has 26 heavy (non-hydrogen) atoms. The van der Waals surface area contributed by atoms with E-state index in [0.717, 1.165) is 23.7 Å². The second-order valence-electron chi connectivity index (χ2n) is 9.29. The quantitative estimate of drug-likeness (QED) is 0.255. The van der Waals surface area contributed by atoms with Crippen molar-refractivity contribution in [3.05, 3.63) is 24.3 Å². The lowest BCUT2D eigenvalue weighted by Crippen LogP contribution is -2.15. The first-order valence-electron chi connectivity index (χ1n) is 12.1. The highest BCUT2D eigenvalue weighted by atomic mass is 14.3. The molecule has 2 aliphatic carbocycles. The van der Waals surface area contributed by atoms with Gasteiger partial charge in [0.15, 0.2) is 0 Å². The smallest absolute Gasteiger partial charge is 0.0322 e. The van der Waals surface area contributed by atoms with Crippen LogP contribution in [-0.4, -0.2) is 0 Å². The fourth-order valence-corrected chi connectivity index (χ4v) is 5.29. The van der Waals surface area contributed by atoms with E-state index in [0.29, 0.717) is 0 Å². The topological polar surface area (TPSA) is 0 Å². The van der Waals surface area contributed by atoms with E-state index in [1.165, 1.54) is 103 Å². The Hall–Kier alpha value is -0.520. The van der Waals surface area contributed by atoms with Gasteiger partial charge in [0, 0.05) is 0 Å². The monoisotopic (exact) mass is 358 g/mol. The molecule has 0 aromatic heterocycles. The summed E-state index contributed by atoms with van der Waals surface area (Å²) in [6, 6.07) is 0. The Morgan fingerprint density at radius 3 is 1.19 bits per heavy atom. The highest BCUT2D eigenvalue weighted by Gasteiger charge is 2.22. The summed E-state index contributed by atoms with van der Waals surface area (Å²) >= 11 is 0. The van der Waals surface area contributed by atoms with E-state index in [-0.39, 0.29) is 0 Å². The summed E-state index contributed by atoms with van der Waals surface area (Å²) in [6.07, 6.45) is 32.7. The summed E-state index contributed by atoms with van der Waals surface area (Å²) < 4.78 is 0. The van der Waals surface area contributed by atoms with Gasteiger partial charge >= 0.3 is 0 Å². The van der Waals surface area contributed by atoms with Crippen LogP contribution in [0.3, 0.4) is 0 Å². The lowest BCUT2D eigenvalue weighted by Gasteiger charge is -2.29. The van der Waals surface area contributed by atoms with Crippen molar-refractivity contribution in [3.8, 4) is 0 Å². The maximum Gasteiger partial charge on any atom is -0.0322 e. The molecule has 0 radical (unpaired) electrons. The second kappa shape index (κ2) is 13.6. The van der Waals surface area contributed by atoms with E-state index in [1.807, 2.05) is 0 Å². The molecule has 0 aromatic carbocycles. The number of allylic oxidation sites excluding steroid dienone is 4. The second-order valence-corrected chi connectivity index (χ2v) is 9.29. The highest BCUT2D eigenvalue weighted by Crippen LogP contribution is 2.36. The Kier molecular flexibility index (Phi) is 11.4. The van der Waals surface area contributed by atoms with Crippen molar-refractivity contribution in [2.75, 3.05) is 0 Å². The average molecular weight is 359 g/mol. The van der Waals surface area contributed by atoms with Gasteiger partial charge in [-0.15, -0.1) is 0 Å².